The van der Waals surface area contributed by atoms with Gasteiger partial charge in [0.15, 0.2) is 17.0 Å². The van der Waals surface area contributed by atoms with E-state index < -0.39 is 12.0 Å². The Morgan fingerprint density at radius 1 is 1.08 bits per heavy atom. The molecular weight excluding hydrogens is 343 g/mol. The third-order valence-electron chi connectivity index (χ3n) is 3.24. The molecule has 0 aromatic carbocycles. The van der Waals surface area contributed by atoms with Gasteiger partial charge in [-0.2, -0.15) is 18.2 Å². The molecule has 0 spiro atoms. The van der Waals surface area contributed by atoms with Gasteiger partial charge in [-0.05, 0) is 0 Å². The number of imidazole rings is 1. The predicted octanol–water partition coefficient (Wildman–Crippen LogP) is 1.68. The molecule has 0 aliphatic rings. The molecule has 3 aromatic heterocycles. The van der Waals surface area contributed by atoms with E-state index in [2.05, 4.69) is 30.2 Å². The molecule has 0 radical (unpaired) electrons. The van der Waals surface area contributed by atoms with Crippen LogP contribution in [0.5, 0.6) is 11.9 Å². The maximum absolute atomic E-state index is 13.1. The lowest BCUT2D eigenvalue weighted by atomic mass is 10.4. The van der Waals surface area contributed by atoms with Crippen LogP contribution in [0.3, 0.4) is 0 Å². The molecule has 132 valence electrons. The van der Waals surface area contributed by atoms with Crippen molar-refractivity contribution in [1.29, 1.82) is 0 Å². The van der Waals surface area contributed by atoms with Crippen molar-refractivity contribution in [3.05, 3.63) is 18.3 Å². The molecule has 0 saturated heterocycles. The first kappa shape index (κ1) is 16.7. The van der Waals surface area contributed by atoms with Crippen molar-refractivity contribution in [2.24, 2.45) is 0 Å². The van der Waals surface area contributed by atoms with Crippen LogP contribution in [0, 0.1) is 0 Å². The molecule has 0 fully saturated rings. The molecular formula is C13H12F3N7O2. The molecule has 0 saturated carbocycles. The van der Waals surface area contributed by atoms with Gasteiger partial charge < -0.3 is 14.8 Å². The van der Waals surface area contributed by atoms with Crippen LogP contribution in [-0.2, 0) is 6.18 Å². The summed E-state index contributed by atoms with van der Waals surface area (Å²) in [4.78, 5) is 19.1. The van der Waals surface area contributed by atoms with Gasteiger partial charge >= 0.3 is 12.2 Å². The van der Waals surface area contributed by atoms with Gasteiger partial charge in [0.25, 0.3) is 0 Å². The summed E-state index contributed by atoms with van der Waals surface area (Å²) in [7, 11) is 4.18. The van der Waals surface area contributed by atoms with E-state index in [0.29, 0.717) is 0 Å². The van der Waals surface area contributed by atoms with Crippen LogP contribution >= 0.6 is 0 Å². The summed E-state index contributed by atoms with van der Waals surface area (Å²) in [6.45, 7) is 0. The highest BCUT2D eigenvalue weighted by Crippen LogP contribution is 2.31. The molecule has 0 unspecified atom stereocenters. The van der Waals surface area contributed by atoms with Gasteiger partial charge in [0.2, 0.25) is 11.7 Å². The summed E-state index contributed by atoms with van der Waals surface area (Å²) in [5.41, 5.74) is 0.340. The normalized spacial score (nSPS) is 11.6. The average molecular weight is 355 g/mol. The predicted molar refractivity (Wildman–Crippen MR) is 79.9 cm³/mol. The van der Waals surface area contributed by atoms with Crippen molar-refractivity contribution >= 4 is 17.0 Å². The Kier molecular flexibility index (Phi) is 4.02. The first-order valence-electron chi connectivity index (χ1n) is 6.84. The number of halogens is 3. The number of rotatable bonds is 4. The molecule has 0 amide bonds. The summed E-state index contributed by atoms with van der Waals surface area (Å²) in [6.07, 6.45) is -2.09. The molecule has 3 aromatic rings. The first-order valence-corrected chi connectivity index (χ1v) is 6.84. The zero-order valence-electron chi connectivity index (χ0n) is 13.3. The number of nitrogens with zero attached hydrogens (tertiary/aromatic N) is 6. The number of nitrogens with one attached hydrogen (secondary N) is 1. The summed E-state index contributed by atoms with van der Waals surface area (Å²) in [5, 5.41) is 2.58. The maximum atomic E-state index is 13.1. The summed E-state index contributed by atoms with van der Waals surface area (Å²) >= 11 is 0. The molecule has 9 nitrogen and oxygen atoms in total. The van der Waals surface area contributed by atoms with Gasteiger partial charge in [-0.1, -0.05) is 0 Å². The Balaban J connectivity index is 2.28. The minimum Gasteiger partial charge on any atom is -0.479 e. The molecule has 12 heteroatoms. The zero-order valence-corrected chi connectivity index (χ0v) is 13.3. The molecule has 3 rings (SSSR count). The molecule has 0 atom stereocenters. The van der Waals surface area contributed by atoms with Crippen molar-refractivity contribution in [2.45, 2.75) is 6.18 Å². The number of fused-ring (bicyclic) bond motifs is 1. The van der Waals surface area contributed by atoms with E-state index in [1.54, 1.807) is 0 Å². The van der Waals surface area contributed by atoms with Crippen LogP contribution in [0.4, 0.5) is 19.0 Å². The third-order valence-corrected chi connectivity index (χ3v) is 3.24. The fourth-order valence-electron chi connectivity index (χ4n) is 2.14. The standard InChI is InChI=1S/C13H12F3N7O2/c1-17-8-7-9(21-11(20-8)13(14,15)16)23(5-19-7)6-4-18-12(25-3)22-10(6)24-2/h4-5H,1-3H3,(H,17,20,21). The lowest BCUT2D eigenvalue weighted by Crippen LogP contribution is -2.13. The van der Waals surface area contributed by atoms with Crippen LogP contribution in [0.1, 0.15) is 5.82 Å². The van der Waals surface area contributed by atoms with Crippen molar-refractivity contribution in [3.8, 4) is 17.6 Å². The monoisotopic (exact) mass is 355 g/mol. The largest absolute Gasteiger partial charge is 0.479 e. The number of hydrogen-bond donors (Lipinski definition) is 1. The van der Waals surface area contributed by atoms with E-state index in [9.17, 15) is 13.2 Å². The van der Waals surface area contributed by atoms with Crippen molar-refractivity contribution in [1.82, 2.24) is 29.5 Å². The van der Waals surface area contributed by atoms with Crippen molar-refractivity contribution < 1.29 is 22.6 Å². The molecule has 0 bridgehead atoms. The Morgan fingerprint density at radius 2 is 1.84 bits per heavy atom. The minimum absolute atomic E-state index is 0.0477. The van der Waals surface area contributed by atoms with Gasteiger partial charge in [-0.15, -0.1) is 0 Å². The number of aromatic nitrogens is 6. The number of hydrogen-bond acceptors (Lipinski definition) is 8. The van der Waals surface area contributed by atoms with Crippen LogP contribution in [0.15, 0.2) is 12.5 Å². The van der Waals surface area contributed by atoms with E-state index in [1.165, 1.54) is 38.4 Å². The van der Waals surface area contributed by atoms with Gasteiger partial charge in [-0.3, -0.25) is 4.57 Å². The van der Waals surface area contributed by atoms with E-state index in [0.717, 1.165) is 0 Å². The number of ether oxygens (including phenoxy) is 2. The Morgan fingerprint density at radius 3 is 2.44 bits per heavy atom. The lowest BCUT2D eigenvalue weighted by Gasteiger charge is -2.11. The van der Waals surface area contributed by atoms with Gasteiger partial charge in [0.1, 0.15) is 12.0 Å². The summed E-state index contributed by atoms with van der Waals surface area (Å²) in [6, 6.07) is 0.0477. The number of anilines is 1. The fourth-order valence-corrected chi connectivity index (χ4v) is 2.14. The highest BCUT2D eigenvalue weighted by Gasteiger charge is 2.36. The average Bonchev–Trinajstić information content (AvgIpc) is 3.03. The zero-order chi connectivity index (χ0) is 18.2. The van der Waals surface area contributed by atoms with E-state index in [-0.39, 0.29) is 34.6 Å². The first-order chi connectivity index (χ1) is 11.9. The van der Waals surface area contributed by atoms with Crippen LogP contribution in [-0.4, -0.2) is 50.8 Å². The second-order valence-corrected chi connectivity index (χ2v) is 4.68. The van der Waals surface area contributed by atoms with Crippen LogP contribution < -0.4 is 14.8 Å². The molecule has 3 heterocycles. The quantitative estimate of drug-likeness (QED) is 0.755. The van der Waals surface area contributed by atoms with Gasteiger partial charge in [0, 0.05) is 7.05 Å². The lowest BCUT2D eigenvalue weighted by molar-refractivity contribution is -0.144. The molecule has 1 N–H and O–H groups in total. The van der Waals surface area contributed by atoms with E-state index in [4.69, 9.17) is 9.47 Å². The fraction of sp³-hybridized carbons (Fsp3) is 0.308. The highest BCUT2D eigenvalue weighted by molar-refractivity contribution is 5.84. The SMILES string of the molecule is CNc1nc(C(F)(F)F)nc2c1ncn2-c1cnc(OC)nc1OC. The van der Waals surface area contributed by atoms with Crippen molar-refractivity contribution in [3.63, 3.8) is 0 Å². The number of alkyl halides is 3. The highest BCUT2D eigenvalue weighted by atomic mass is 19.4. The van der Waals surface area contributed by atoms with Gasteiger partial charge in [-0.25, -0.2) is 19.9 Å². The summed E-state index contributed by atoms with van der Waals surface area (Å²) < 4.78 is 50.5. The Hall–Kier alpha value is -3.18. The maximum Gasteiger partial charge on any atom is 0.451 e. The van der Waals surface area contributed by atoms with Crippen LogP contribution in [0.2, 0.25) is 0 Å². The Labute approximate surface area is 138 Å². The topological polar surface area (TPSA) is 99.9 Å². The van der Waals surface area contributed by atoms with Crippen molar-refractivity contribution in [2.75, 3.05) is 26.6 Å². The third kappa shape index (κ3) is 2.86. The van der Waals surface area contributed by atoms with E-state index in [1.807, 2.05) is 0 Å². The smallest absolute Gasteiger partial charge is 0.451 e. The second kappa shape index (κ2) is 6.03. The second-order valence-electron chi connectivity index (χ2n) is 4.68. The molecule has 25 heavy (non-hydrogen) atoms. The summed E-state index contributed by atoms with van der Waals surface area (Å²) in [5.74, 6) is -1.26. The van der Waals surface area contributed by atoms with Crippen LogP contribution in [0.25, 0.3) is 16.9 Å². The Bertz CT molecular complexity index is 926. The minimum atomic E-state index is -4.71. The molecule has 0 aliphatic carbocycles. The van der Waals surface area contributed by atoms with Gasteiger partial charge in [0.05, 0.1) is 20.4 Å². The van der Waals surface area contributed by atoms with E-state index >= 15 is 0 Å². The molecule has 0 aliphatic heterocycles. The number of methoxy groups -OCH3 is 2.